The van der Waals surface area contributed by atoms with Crippen molar-refractivity contribution in [2.45, 2.75) is 20.0 Å². The Kier molecular flexibility index (Phi) is 10.6. The normalized spacial score (nSPS) is 12.3. The van der Waals surface area contributed by atoms with Crippen LogP contribution in [0, 0.1) is 13.8 Å². The van der Waals surface area contributed by atoms with Crippen LogP contribution in [0.1, 0.15) is 11.1 Å². The maximum Gasteiger partial charge on any atom is 0.125 e. The Morgan fingerprint density at radius 1 is 0.870 bits per heavy atom. The zero-order valence-corrected chi connectivity index (χ0v) is 14.0. The second kappa shape index (κ2) is 12.3. The van der Waals surface area contributed by atoms with Gasteiger partial charge in [-0.05, 0) is 25.0 Å². The lowest BCUT2D eigenvalue weighted by molar-refractivity contribution is -0.0726. The maximum atomic E-state index is 8.81. The van der Waals surface area contributed by atoms with Crippen molar-refractivity contribution in [1.82, 2.24) is 0 Å². The zero-order chi connectivity index (χ0) is 16.9. The van der Waals surface area contributed by atoms with Gasteiger partial charge in [0, 0.05) is 0 Å². The average Bonchev–Trinajstić information content (AvgIpc) is 2.54. The Bertz CT molecular complexity index is 403. The molecule has 0 heterocycles. The van der Waals surface area contributed by atoms with Crippen LogP contribution in [0.3, 0.4) is 0 Å². The van der Waals surface area contributed by atoms with Gasteiger partial charge in [0.15, 0.2) is 0 Å². The Hall–Kier alpha value is -1.18. The van der Waals surface area contributed by atoms with Crippen LogP contribution in [0.2, 0.25) is 0 Å². The van der Waals surface area contributed by atoms with Crippen LogP contribution in [0.25, 0.3) is 0 Å². The number of hydrogen-bond donors (Lipinski definition) is 2. The second-order valence-corrected chi connectivity index (χ2v) is 5.16. The summed E-state index contributed by atoms with van der Waals surface area (Å²) in [7, 11) is 0. The van der Waals surface area contributed by atoms with E-state index < -0.39 is 0 Å². The molecule has 0 amide bonds. The van der Waals surface area contributed by atoms with E-state index in [0.717, 1.165) is 16.9 Å². The summed E-state index contributed by atoms with van der Waals surface area (Å²) >= 11 is 0. The van der Waals surface area contributed by atoms with Crippen LogP contribution in [0.15, 0.2) is 18.2 Å². The minimum Gasteiger partial charge on any atom is -0.491 e. The van der Waals surface area contributed by atoms with Gasteiger partial charge in [0.25, 0.3) is 0 Å². The minimum absolute atomic E-state index is 0.0306. The molecule has 0 aromatic heterocycles. The van der Waals surface area contributed by atoms with Gasteiger partial charge in [-0.25, -0.2) is 0 Å². The van der Waals surface area contributed by atoms with E-state index in [1.807, 2.05) is 32.0 Å². The van der Waals surface area contributed by atoms with E-state index >= 15 is 0 Å². The fourth-order valence-electron chi connectivity index (χ4n) is 2.09. The summed E-state index contributed by atoms with van der Waals surface area (Å²) in [6.07, 6.45) is -0.270. The van der Waals surface area contributed by atoms with Gasteiger partial charge in [-0.15, -0.1) is 0 Å². The smallest absolute Gasteiger partial charge is 0.125 e. The topological polar surface area (TPSA) is 77.4 Å². The second-order valence-electron chi connectivity index (χ2n) is 5.16. The first-order valence-corrected chi connectivity index (χ1v) is 7.86. The van der Waals surface area contributed by atoms with E-state index in [0.29, 0.717) is 26.4 Å². The Balaban J connectivity index is 2.24. The van der Waals surface area contributed by atoms with E-state index in [-0.39, 0.29) is 32.5 Å². The van der Waals surface area contributed by atoms with Crippen LogP contribution < -0.4 is 4.74 Å². The fourth-order valence-corrected chi connectivity index (χ4v) is 2.09. The first-order valence-electron chi connectivity index (χ1n) is 7.86. The largest absolute Gasteiger partial charge is 0.491 e. The molecular formula is C17H28O6. The predicted octanol–water partition coefficient (Wildman–Crippen LogP) is 1.09. The predicted molar refractivity (Wildman–Crippen MR) is 87.0 cm³/mol. The molecule has 0 aliphatic carbocycles. The monoisotopic (exact) mass is 328 g/mol. The lowest BCUT2D eigenvalue weighted by Gasteiger charge is -2.18. The van der Waals surface area contributed by atoms with Crippen molar-refractivity contribution in [3.05, 3.63) is 29.3 Å². The number of benzene rings is 1. The van der Waals surface area contributed by atoms with Crippen LogP contribution in [-0.2, 0) is 14.2 Å². The molecule has 0 saturated heterocycles. The molecule has 0 spiro atoms. The highest BCUT2D eigenvalue weighted by atomic mass is 16.6. The highest BCUT2D eigenvalue weighted by molar-refractivity contribution is 5.39. The number of aryl methyl sites for hydroxylation is 2. The third-order valence-electron chi connectivity index (χ3n) is 3.17. The molecule has 1 rings (SSSR count). The molecule has 6 heteroatoms. The summed E-state index contributed by atoms with van der Waals surface area (Å²) < 4.78 is 22.0. The molecule has 0 bridgehead atoms. The van der Waals surface area contributed by atoms with Gasteiger partial charge in [0.2, 0.25) is 0 Å². The van der Waals surface area contributed by atoms with Crippen molar-refractivity contribution in [1.29, 1.82) is 0 Å². The summed E-state index contributed by atoms with van der Waals surface area (Å²) in [6.45, 7) is 6.00. The number of aliphatic hydroxyl groups is 2. The van der Waals surface area contributed by atoms with Gasteiger partial charge in [-0.2, -0.15) is 0 Å². The lowest BCUT2D eigenvalue weighted by Crippen LogP contribution is -2.28. The summed E-state index contributed by atoms with van der Waals surface area (Å²) in [5.41, 5.74) is 2.21. The van der Waals surface area contributed by atoms with E-state index in [4.69, 9.17) is 29.2 Å². The molecule has 0 aliphatic heterocycles. The molecule has 23 heavy (non-hydrogen) atoms. The van der Waals surface area contributed by atoms with Gasteiger partial charge < -0.3 is 29.2 Å². The maximum absolute atomic E-state index is 8.81. The van der Waals surface area contributed by atoms with E-state index in [9.17, 15) is 0 Å². The van der Waals surface area contributed by atoms with Gasteiger partial charge in [-0.1, -0.05) is 18.2 Å². The number of aliphatic hydroxyl groups excluding tert-OH is 2. The third kappa shape index (κ3) is 8.29. The molecule has 0 radical (unpaired) electrons. The fraction of sp³-hybridized carbons (Fsp3) is 0.647. The van der Waals surface area contributed by atoms with Crippen LogP contribution >= 0.6 is 0 Å². The summed E-state index contributed by atoms with van der Waals surface area (Å²) in [5.74, 6) is 0.899. The van der Waals surface area contributed by atoms with Crippen molar-refractivity contribution >= 4 is 0 Å². The number of rotatable bonds is 13. The highest BCUT2D eigenvalue weighted by Gasteiger charge is 2.10. The summed E-state index contributed by atoms with van der Waals surface area (Å²) in [4.78, 5) is 0. The standard InChI is InChI=1S/C17H28O6/c1-14-4-3-5-15(2)17(14)23-11-10-21-13-16(22-9-7-19)12-20-8-6-18/h3-5,16,18-19H,6-13H2,1-2H3. The molecule has 1 aromatic rings. The van der Waals surface area contributed by atoms with E-state index in [1.54, 1.807) is 0 Å². The van der Waals surface area contributed by atoms with Crippen LogP contribution in [-0.4, -0.2) is 69.2 Å². The van der Waals surface area contributed by atoms with E-state index in [2.05, 4.69) is 0 Å². The van der Waals surface area contributed by atoms with Crippen molar-refractivity contribution in [3.8, 4) is 5.75 Å². The van der Waals surface area contributed by atoms with Crippen molar-refractivity contribution in [3.63, 3.8) is 0 Å². The first-order chi connectivity index (χ1) is 11.2. The molecule has 1 aromatic carbocycles. The Morgan fingerprint density at radius 3 is 2.09 bits per heavy atom. The Labute approximate surface area is 137 Å². The van der Waals surface area contributed by atoms with Crippen molar-refractivity contribution in [2.24, 2.45) is 0 Å². The third-order valence-corrected chi connectivity index (χ3v) is 3.17. The molecule has 6 nitrogen and oxygen atoms in total. The Morgan fingerprint density at radius 2 is 1.48 bits per heavy atom. The minimum atomic E-state index is -0.270. The van der Waals surface area contributed by atoms with Gasteiger partial charge in [0.1, 0.15) is 18.5 Å². The molecule has 132 valence electrons. The van der Waals surface area contributed by atoms with Crippen molar-refractivity contribution in [2.75, 3.05) is 52.9 Å². The average molecular weight is 328 g/mol. The van der Waals surface area contributed by atoms with Gasteiger partial charge in [-0.3, -0.25) is 0 Å². The number of hydrogen-bond acceptors (Lipinski definition) is 6. The number of ether oxygens (including phenoxy) is 4. The lowest BCUT2D eigenvalue weighted by atomic mass is 10.1. The molecule has 1 atom stereocenters. The molecule has 2 N–H and O–H groups in total. The SMILES string of the molecule is Cc1cccc(C)c1OCCOCC(COCCO)OCCO. The van der Waals surface area contributed by atoms with E-state index in [1.165, 1.54) is 0 Å². The molecule has 0 fully saturated rings. The molecular weight excluding hydrogens is 300 g/mol. The van der Waals surface area contributed by atoms with Crippen LogP contribution in [0.5, 0.6) is 5.75 Å². The molecule has 0 saturated carbocycles. The van der Waals surface area contributed by atoms with Gasteiger partial charge in [0.05, 0.1) is 46.2 Å². The van der Waals surface area contributed by atoms with Gasteiger partial charge >= 0.3 is 0 Å². The van der Waals surface area contributed by atoms with Crippen LogP contribution in [0.4, 0.5) is 0 Å². The summed E-state index contributed by atoms with van der Waals surface area (Å²) in [6, 6.07) is 6.03. The highest BCUT2D eigenvalue weighted by Crippen LogP contribution is 2.21. The molecule has 0 aliphatic rings. The quantitative estimate of drug-likeness (QED) is 0.528. The zero-order valence-electron chi connectivity index (χ0n) is 14.0. The van der Waals surface area contributed by atoms with Crippen molar-refractivity contribution < 1.29 is 29.2 Å². The first kappa shape index (κ1) is 19.9. The summed E-state index contributed by atoms with van der Waals surface area (Å²) in [5, 5.41) is 17.5. The molecule has 1 unspecified atom stereocenters. The number of para-hydroxylation sites is 1.